The second-order valence-corrected chi connectivity index (χ2v) is 6.72. The molecule has 0 spiro atoms. The first kappa shape index (κ1) is 18.7. The molecular formula is C20H18FN3O2S. The molecule has 1 aromatic heterocycles. The molecule has 0 saturated heterocycles. The lowest BCUT2D eigenvalue weighted by Gasteiger charge is -2.06. The number of thiazole rings is 1. The van der Waals surface area contributed by atoms with Gasteiger partial charge in [0.15, 0.2) is 0 Å². The minimum atomic E-state index is -0.524. The van der Waals surface area contributed by atoms with E-state index < -0.39 is 17.6 Å². The van der Waals surface area contributed by atoms with Crippen LogP contribution in [-0.4, -0.2) is 16.8 Å². The molecule has 0 aliphatic rings. The van der Waals surface area contributed by atoms with Crippen molar-refractivity contribution in [1.82, 2.24) is 15.8 Å². The predicted molar refractivity (Wildman–Crippen MR) is 103 cm³/mol. The van der Waals surface area contributed by atoms with E-state index in [1.165, 1.54) is 29.0 Å². The number of benzene rings is 2. The molecule has 1 heterocycles. The van der Waals surface area contributed by atoms with Crippen molar-refractivity contribution in [3.05, 3.63) is 76.5 Å². The first-order valence-electron chi connectivity index (χ1n) is 8.44. The summed E-state index contributed by atoms with van der Waals surface area (Å²) < 4.78 is 13.5. The number of nitrogens with one attached hydrogen (secondary N) is 2. The summed E-state index contributed by atoms with van der Waals surface area (Å²) in [6.07, 6.45) is 0.789. The van der Waals surface area contributed by atoms with Crippen molar-refractivity contribution >= 4 is 23.2 Å². The highest BCUT2D eigenvalue weighted by atomic mass is 32.1. The standard InChI is InChI=1S/C20H18FN3O2S/c1-2-13-7-9-14(10-8-13)20-22-17(12-27-20)19(26)24-23-18(25)11-15-5-3-4-6-16(15)21/h3-10,12H,2,11H2,1H3,(H,23,25)(H,24,26). The molecule has 2 N–H and O–H groups in total. The fourth-order valence-corrected chi connectivity index (χ4v) is 3.25. The summed E-state index contributed by atoms with van der Waals surface area (Å²) in [7, 11) is 0. The first-order valence-corrected chi connectivity index (χ1v) is 9.32. The van der Waals surface area contributed by atoms with Crippen LogP contribution in [0, 0.1) is 5.82 Å². The van der Waals surface area contributed by atoms with Gasteiger partial charge in [0.1, 0.15) is 16.5 Å². The molecule has 0 radical (unpaired) electrons. The summed E-state index contributed by atoms with van der Waals surface area (Å²) in [6.45, 7) is 2.08. The van der Waals surface area contributed by atoms with Gasteiger partial charge in [-0.05, 0) is 23.6 Å². The van der Waals surface area contributed by atoms with E-state index in [0.29, 0.717) is 0 Å². The predicted octanol–water partition coefficient (Wildman–Crippen LogP) is 3.52. The smallest absolute Gasteiger partial charge is 0.273 e. The van der Waals surface area contributed by atoms with Crippen LogP contribution in [0.5, 0.6) is 0 Å². The summed E-state index contributed by atoms with van der Waals surface area (Å²) in [5.74, 6) is -1.50. The Morgan fingerprint density at radius 3 is 2.52 bits per heavy atom. The fourth-order valence-electron chi connectivity index (χ4n) is 2.44. The summed E-state index contributed by atoms with van der Waals surface area (Å²) in [5, 5.41) is 2.35. The average Bonchev–Trinajstić information content (AvgIpc) is 3.18. The molecule has 138 valence electrons. The molecular weight excluding hydrogens is 365 g/mol. The second-order valence-electron chi connectivity index (χ2n) is 5.86. The van der Waals surface area contributed by atoms with Crippen LogP contribution >= 0.6 is 11.3 Å². The molecule has 5 nitrogen and oxygen atoms in total. The molecule has 2 aromatic carbocycles. The lowest BCUT2D eigenvalue weighted by molar-refractivity contribution is -0.121. The van der Waals surface area contributed by atoms with Gasteiger partial charge in [-0.25, -0.2) is 9.37 Å². The van der Waals surface area contributed by atoms with Gasteiger partial charge >= 0.3 is 0 Å². The van der Waals surface area contributed by atoms with E-state index in [9.17, 15) is 14.0 Å². The number of amides is 2. The van der Waals surface area contributed by atoms with Gasteiger partial charge < -0.3 is 0 Å². The zero-order valence-corrected chi connectivity index (χ0v) is 15.5. The quantitative estimate of drug-likeness (QED) is 0.663. The number of carbonyl (C=O) groups excluding carboxylic acids is 2. The molecule has 0 unspecified atom stereocenters. The first-order chi connectivity index (χ1) is 13.1. The van der Waals surface area contributed by atoms with Crippen LogP contribution in [0.15, 0.2) is 53.9 Å². The SMILES string of the molecule is CCc1ccc(-c2nc(C(=O)NNC(=O)Cc3ccccc3F)cs2)cc1. The van der Waals surface area contributed by atoms with Crippen molar-refractivity contribution < 1.29 is 14.0 Å². The van der Waals surface area contributed by atoms with Crippen LogP contribution in [0.3, 0.4) is 0 Å². The second kappa shape index (κ2) is 8.55. The Morgan fingerprint density at radius 2 is 1.81 bits per heavy atom. The third-order valence-corrected chi connectivity index (χ3v) is 4.86. The van der Waals surface area contributed by atoms with E-state index in [2.05, 4.69) is 22.8 Å². The van der Waals surface area contributed by atoms with Crippen LogP contribution in [-0.2, 0) is 17.6 Å². The van der Waals surface area contributed by atoms with Crippen molar-refractivity contribution in [3.63, 3.8) is 0 Å². The van der Waals surface area contributed by atoms with E-state index in [1.807, 2.05) is 24.3 Å². The van der Waals surface area contributed by atoms with Gasteiger partial charge in [-0.2, -0.15) is 0 Å². The monoisotopic (exact) mass is 383 g/mol. The normalized spacial score (nSPS) is 10.4. The molecule has 2 amide bonds. The molecule has 0 bridgehead atoms. The molecule has 7 heteroatoms. The molecule has 3 rings (SSSR count). The zero-order chi connectivity index (χ0) is 19.2. The highest BCUT2D eigenvalue weighted by molar-refractivity contribution is 7.13. The Kier molecular flexibility index (Phi) is 5.93. The maximum absolute atomic E-state index is 13.5. The van der Waals surface area contributed by atoms with Crippen LogP contribution in [0.4, 0.5) is 4.39 Å². The fraction of sp³-hybridized carbons (Fsp3) is 0.150. The number of aromatic nitrogens is 1. The van der Waals surface area contributed by atoms with E-state index >= 15 is 0 Å². The van der Waals surface area contributed by atoms with Crippen LogP contribution < -0.4 is 10.9 Å². The van der Waals surface area contributed by atoms with Gasteiger partial charge in [0, 0.05) is 10.9 Å². The van der Waals surface area contributed by atoms with E-state index in [4.69, 9.17) is 0 Å². The molecule has 0 atom stereocenters. The summed E-state index contributed by atoms with van der Waals surface area (Å²) in [6, 6.07) is 14.0. The topological polar surface area (TPSA) is 71.1 Å². The van der Waals surface area contributed by atoms with Crippen LogP contribution in [0.2, 0.25) is 0 Å². The third kappa shape index (κ3) is 4.77. The van der Waals surface area contributed by atoms with Crippen molar-refractivity contribution in [2.75, 3.05) is 0 Å². The summed E-state index contributed by atoms with van der Waals surface area (Å²) in [4.78, 5) is 28.3. The van der Waals surface area contributed by atoms with Crippen molar-refractivity contribution in [2.45, 2.75) is 19.8 Å². The third-order valence-electron chi connectivity index (χ3n) is 3.97. The Hall–Kier alpha value is -3.06. The van der Waals surface area contributed by atoms with Crippen molar-refractivity contribution in [2.24, 2.45) is 0 Å². The van der Waals surface area contributed by atoms with Crippen molar-refractivity contribution in [3.8, 4) is 10.6 Å². The van der Waals surface area contributed by atoms with Gasteiger partial charge in [-0.1, -0.05) is 49.4 Å². The molecule has 0 fully saturated rings. The van der Waals surface area contributed by atoms with Crippen LogP contribution in [0.25, 0.3) is 10.6 Å². The largest absolute Gasteiger partial charge is 0.289 e. The number of hydrogen-bond donors (Lipinski definition) is 2. The number of hydrazine groups is 1. The van der Waals surface area contributed by atoms with E-state index in [0.717, 1.165) is 17.0 Å². The Morgan fingerprint density at radius 1 is 1.07 bits per heavy atom. The van der Waals surface area contributed by atoms with Crippen LogP contribution in [0.1, 0.15) is 28.5 Å². The van der Waals surface area contributed by atoms with Crippen molar-refractivity contribution in [1.29, 1.82) is 0 Å². The summed E-state index contributed by atoms with van der Waals surface area (Å²) in [5.41, 5.74) is 7.21. The number of carbonyl (C=O) groups is 2. The Labute approximate surface area is 160 Å². The van der Waals surface area contributed by atoms with Gasteiger partial charge in [-0.3, -0.25) is 20.4 Å². The maximum Gasteiger partial charge on any atom is 0.289 e. The maximum atomic E-state index is 13.5. The Balaban J connectivity index is 1.57. The van der Waals surface area contributed by atoms with Gasteiger partial charge in [0.25, 0.3) is 5.91 Å². The highest BCUT2D eigenvalue weighted by Gasteiger charge is 2.13. The van der Waals surface area contributed by atoms with E-state index in [-0.39, 0.29) is 17.7 Å². The zero-order valence-electron chi connectivity index (χ0n) is 14.7. The molecule has 0 aliphatic heterocycles. The Bertz CT molecular complexity index is 954. The number of aryl methyl sites for hydroxylation is 1. The lowest BCUT2D eigenvalue weighted by atomic mass is 10.1. The number of hydrogen-bond acceptors (Lipinski definition) is 4. The molecule has 27 heavy (non-hydrogen) atoms. The van der Waals surface area contributed by atoms with Gasteiger partial charge in [-0.15, -0.1) is 11.3 Å². The van der Waals surface area contributed by atoms with E-state index in [1.54, 1.807) is 17.5 Å². The number of nitrogens with zero attached hydrogens (tertiary/aromatic N) is 1. The number of halogens is 1. The number of rotatable bonds is 5. The molecule has 3 aromatic rings. The molecule has 0 aliphatic carbocycles. The van der Waals surface area contributed by atoms with Gasteiger partial charge in [0.05, 0.1) is 6.42 Å². The highest BCUT2D eigenvalue weighted by Crippen LogP contribution is 2.24. The lowest BCUT2D eigenvalue weighted by Crippen LogP contribution is -2.42. The average molecular weight is 383 g/mol. The minimum Gasteiger partial charge on any atom is -0.273 e. The minimum absolute atomic E-state index is 0.168. The summed E-state index contributed by atoms with van der Waals surface area (Å²) >= 11 is 1.35. The molecule has 0 saturated carbocycles. The van der Waals surface area contributed by atoms with Gasteiger partial charge in [0.2, 0.25) is 5.91 Å².